The van der Waals surface area contributed by atoms with Crippen LogP contribution in [0, 0.1) is 6.92 Å². The normalized spacial score (nSPS) is 12.8. The number of urea groups is 1. The highest BCUT2D eigenvalue weighted by Gasteiger charge is 2.31. The van der Waals surface area contributed by atoms with Crippen molar-refractivity contribution in [3.63, 3.8) is 0 Å². The van der Waals surface area contributed by atoms with Gasteiger partial charge in [0.2, 0.25) is 0 Å². The van der Waals surface area contributed by atoms with Crippen LogP contribution in [0.15, 0.2) is 89.5 Å². The number of ether oxygens (including phenoxy) is 1. The third-order valence-electron chi connectivity index (χ3n) is 7.53. The van der Waals surface area contributed by atoms with E-state index in [2.05, 4.69) is 58.0 Å². The van der Waals surface area contributed by atoms with Gasteiger partial charge in [-0.05, 0) is 73.1 Å². The zero-order valence-corrected chi connectivity index (χ0v) is 26.8. The van der Waals surface area contributed by atoms with Gasteiger partial charge in [-0.15, -0.1) is 29.6 Å². The molecule has 240 valence electrons. The molecule has 1 unspecified atom stereocenters. The van der Waals surface area contributed by atoms with E-state index in [-0.39, 0.29) is 17.7 Å². The molecule has 12 heteroatoms. The molecule has 2 heterocycles. The number of aryl methyl sites for hydroxylation is 1. The van der Waals surface area contributed by atoms with E-state index in [0.717, 1.165) is 35.3 Å². The smallest absolute Gasteiger partial charge is 0.406 e. The molecule has 0 aliphatic heterocycles. The summed E-state index contributed by atoms with van der Waals surface area (Å²) in [6.07, 6.45) is -1.56. The lowest BCUT2D eigenvalue weighted by Gasteiger charge is -2.15. The van der Waals surface area contributed by atoms with E-state index in [0.29, 0.717) is 28.8 Å². The zero-order valence-electron chi connectivity index (χ0n) is 26.0. The Labute approximate surface area is 269 Å². The molecule has 8 nitrogen and oxygen atoms in total. The lowest BCUT2D eigenvalue weighted by molar-refractivity contribution is -0.274. The van der Waals surface area contributed by atoms with Crippen molar-refractivity contribution >= 4 is 17.4 Å². The minimum Gasteiger partial charge on any atom is -0.406 e. The highest BCUT2D eigenvalue weighted by molar-refractivity contribution is 7.07. The molecule has 5 rings (SSSR count). The van der Waals surface area contributed by atoms with Crippen LogP contribution in [0.4, 0.5) is 18.0 Å². The Morgan fingerprint density at radius 1 is 1.02 bits per heavy atom. The highest BCUT2D eigenvalue weighted by atomic mass is 32.1. The summed E-state index contributed by atoms with van der Waals surface area (Å²) in [4.78, 5) is 22.1. The van der Waals surface area contributed by atoms with Crippen molar-refractivity contribution in [2.75, 3.05) is 6.54 Å². The number of benzene rings is 3. The highest BCUT2D eigenvalue weighted by Crippen LogP contribution is 2.26. The van der Waals surface area contributed by atoms with E-state index < -0.39 is 6.36 Å². The molecule has 0 saturated carbocycles. The first-order chi connectivity index (χ1) is 22.0. The van der Waals surface area contributed by atoms with Crippen LogP contribution in [-0.2, 0) is 0 Å². The van der Waals surface area contributed by atoms with E-state index >= 15 is 0 Å². The minimum absolute atomic E-state index is 0.264. The first-order valence-electron chi connectivity index (χ1n) is 15.0. The number of para-hydroxylation sites is 1. The van der Waals surface area contributed by atoms with E-state index in [9.17, 15) is 18.0 Å². The van der Waals surface area contributed by atoms with Crippen molar-refractivity contribution in [3.8, 4) is 28.5 Å². The fourth-order valence-corrected chi connectivity index (χ4v) is 5.99. The molecule has 1 N–H and O–H groups in total. The van der Waals surface area contributed by atoms with Crippen LogP contribution in [0.3, 0.4) is 0 Å². The Balaban J connectivity index is 1.14. The van der Waals surface area contributed by atoms with Gasteiger partial charge < -0.3 is 10.1 Å². The van der Waals surface area contributed by atoms with Gasteiger partial charge in [-0.2, -0.15) is 4.99 Å². The van der Waals surface area contributed by atoms with Crippen LogP contribution < -0.4 is 14.9 Å². The number of thiazole rings is 1. The van der Waals surface area contributed by atoms with Gasteiger partial charge in [0.05, 0.1) is 11.4 Å². The summed E-state index contributed by atoms with van der Waals surface area (Å²) in [5.41, 5.74) is 5.79. The van der Waals surface area contributed by atoms with Crippen molar-refractivity contribution < 1.29 is 22.7 Å². The standard InChI is InChI=1S/C34H35F3N6O2S/c1-22(2)29-9-5-6-10-30(29)43-24(4)20-46-33(43)40-32(44)38-19-7-8-23(3)25-11-13-26(14-12-25)31-39-21-42(41-31)27-15-17-28(18-16-27)45-34(35,36)37/h5-6,9-18,20-23H,7-8,19H2,1-4H3,(H,38,44). The topological polar surface area (TPSA) is 86.3 Å². The molecule has 0 radical (unpaired) electrons. The Morgan fingerprint density at radius 2 is 1.74 bits per heavy atom. The third-order valence-corrected chi connectivity index (χ3v) is 8.47. The van der Waals surface area contributed by atoms with Crippen LogP contribution in [-0.4, -0.2) is 38.3 Å². The van der Waals surface area contributed by atoms with Gasteiger partial charge in [-0.3, -0.25) is 4.57 Å². The van der Waals surface area contributed by atoms with E-state index in [1.807, 2.05) is 53.3 Å². The van der Waals surface area contributed by atoms with E-state index in [1.165, 1.54) is 52.2 Å². The molecule has 0 saturated heterocycles. The maximum absolute atomic E-state index is 12.7. The predicted molar refractivity (Wildman–Crippen MR) is 173 cm³/mol. The molecule has 0 bridgehead atoms. The van der Waals surface area contributed by atoms with Gasteiger partial charge in [0.1, 0.15) is 12.1 Å². The number of aromatic nitrogens is 4. The van der Waals surface area contributed by atoms with E-state index in [1.54, 1.807) is 0 Å². The number of hydrogen-bond acceptors (Lipinski definition) is 5. The van der Waals surface area contributed by atoms with E-state index in [4.69, 9.17) is 0 Å². The van der Waals surface area contributed by atoms with Gasteiger partial charge in [-0.1, -0.05) is 63.2 Å². The first-order valence-corrected chi connectivity index (χ1v) is 15.8. The molecule has 0 aliphatic rings. The number of alkyl halides is 3. The van der Waals surface area contributed by atoms with Crippen LogP contribution >= 0.6 is 11.3 Å². The minimum atomic E-state index is -4.74. The fourth-order valence-electron chi connectivity index (χ4n) is 5.12. The van der Waals surface area contributed by atoms with Gasteiger partial charge in [-0.25, -0.2) is 14.5 Å². The van der Waals surface area contributed by atoms with Crippen LogP contribution in [0.5, 0.6) is 5.75 Å². The second-order valence-electron chi connectivity index (χ2n) is 11.3. The van der Waals surface area contributed by atoms with Crippen molar-refractivity contribution in [2.24, 2.45) is 4.99 Å². The molecule has 5 aromatic rings. The van der Waals surface area contributed by atoms with Crippen LogP contribution in [0.25, 0.3) is 22.8 Å². The quantitative estimate of drug-likeness (QED) is 0.154. The van der Waals surface area contributed by atoms with Crippen molar-refractivity contribution in [1.29, 1.82) is 0 Å². The summed E-state index contributed by atoms with van der Waals surface area (Å²) in [7, 11) is 0. The summed E-state index contributed by atoms with van der Waals surface area (Å²) in [5, 5.41) is 9.41. The number of carbonyl (C=O) groups is 1. The molecular formula is C34H35F3N6O2S. The lowest BCUT2D eigenvalue weighted by Crippen LogP contribution is -2.25. The molecular weight excluding hydrogens is 613 g/mol. The maximum atomic E-state index is 12.7. The summed E-state index contributed by atoms with van der Waals surface area (Å²) in [6.45, 7) is 8.98. The number of nitrogens with zero attached hydrogens (tertiary/aromatic N) is 5. The van der Waals surface area contributed by atoms with Crippen LogP contribution in [0.1, 0.15) is 62.3 Å². The maximum Gasteiger partial charge on any atom is 0.573 e. The summed E-state index contributed by atoms with van der Waals surface area (Å²) in [5.74, 6) is 0.795. The third kappa shape index (κ3) is 8.11. The van der Waals surface area contributed by atoms with Gasteiger partial charge in [0.15, 0.2) is 10.6 Å². The second-order valence-corrected chi connectivity index (χ2v) is 12.1. The largest absolute Gasteiger partial charge is 0.573 e. The Bertz CT molecular complexity index is 1840. The predicted octanol–water partition coefficient (Wildman–Crippen LogP) is 8.31. The Kier molecular flexibility index (Phi) is 10.1. The number of hydrogen-bond donors (Lipinski definition) is 1. The SMILES string of the molecule is Cc1csc(=NC(=O)NCCCC(C)c2ccc(-c3ncn(-c4ccc(OC(F)(F)F)cc4)n3)cc2)n1-c1ccccc1C(C)C. The Morgan fingerprint density at radius 3 is 2.43 bits per heavy atom. The molecule has 0 spiro atoms. The molecule has 0 fully saturated rings. The summed E-state index contributed by atoms with van der Waals surface area (Å²) < 4.78 is 44.7. The number of carbonyl (C=O) groups excluding carboxylic acids is 1. The number of rotatable bonds is 10. The van der Waals surface area contributed by atoms with Gasteiger partial charge >= 0.3 is 12.4 Å². The molecule has 0 aliphatic carbocycles. The zero-order chi connectivity index (χ0) is 32.8. The summed E-state index contributed by atoms with van der Waals surface area (Å²) in [6, 6.07) is 21.2. The molecule has 1 atom stereocenters. The molecule has 2 aromatic heterocycles. The van der Waals surface area contributed by atoms with Crippen LogP contribution in [0.2, 0.25) is 0 Å². The summed E-state index contributed by atoms with van der Waals surface area (Å²) >= 11 is 1.45. The molecule has 2 amide bonds. The average Bonchev–Trinajstić information content (AvgIpc) is 3.66. The molecule has 3 aromatic carbocycles. The van der Waals surface area contributed by atoms with Gasteiger partial charge in [0, 0.05) is 23.2 Å². The number of halogens is 3. The van der Waals surface area contributed by atoms with Crippen molar-refractivity contribution in [1.82, 2.24) is 24.6 Å². The number of amides is 2. The first kappa shape index (κ1) is 32.7. The average molecular weight is 649 g/mol. The van der Waals surface area contributed by atoms with Crippen molar-refractivity contribution in [3.05, 3.63) is 106 Å². The Hall–Kier alpha value is -4.71. The fraction of sp³-hybridized carbons (Fsp3) is 0.294. The van der Waals surface area contributed by atoms with Crippen molar-refractivity contribution in [2.45, 2.75) is 58.7 Å². The molecule has 46 heavy (non-hydrogen) atoms. The van der Waals surface area contributed by atoms with Gasteiger partial charge in [0.25, 0.3) is 0 Å². The monoisotopic (exact) mass is 648 g/mol. The lowest BCUT2D eigenvalue weighted by atomic mass is 9.95. The number of nitrogens with one attached hydrogen (secondary N) is 1. The second kappa shape index (κ2) is 14.2.